The van der Waals surface area contributed by atoms with Crippen LogP contribution in [0.4, 0.5) is 0 Å². The summed E-state index contributed by atoms with van der Waals surface area (Å²) in [6.07, 6.45) is 9.34. The Morgan fingerprint density at radius 2 is 2.16 bits per heavy atom. The lowest BCUT2D eigenvalue weighted by Crippen LogP contribution is -2.42. The first-order valence-electron chi connectivity index (χ1n) is 7.28. The van der Waals surface area contributed by atoms with Crippen molar-refractivity contribution in [3.63, 3.8) is 0 Å². The van der Waals surface area contributed by atoms with Crippen LogP contribution in [-0.4, -0.2) is 22.9 Å². The van der Waals surface area contributed by atoms with Gasteiger partial charge in [-0.3, -0.25) is 4.79 Å². The predicted octanol–water partition coefficient (Wildman–Crippen LogP) is 3.25. The fourth-order valence-corrected chi connectivity index (χ4v) is 3.38. The van der Waals surface area contributed by atoms with E-state index in [1.54, 1.807) is 0 Å². The highest BCUT2D eigenvalue weighted by molar-refractivity contribution is 5.78. The van der Waals surface area contributed by atoms with E-state index >= 15 is 0 Å². The Morgan fingerprint density at radius 1 is 1.32 bits per heavy atom. The van der Waals surface area contributed by atoms with Gasteiger partial charge < -0.3 is 4.90 Å². The van der Waals surface area contributed by atoms with Crippen molar-refractivity contribution in [1.29, 1.82) is 0 Å². The van der Waals surface area contributed by atoms with E-state index in [4.69, 9.17) is 0 Å². The summed E-state index contributed by atoms with van der Waals surface area (Å²) < 4.78 is 0. The smallest absolute Gasteiger partial charge is 0.223 e. The van der Waals surface area contributed by atoms with Crippen molar-refractivity contribution < 1.29 is 4.79 Å². The molecule has 100 valence electrons. The number of fused-ring (bicyclic) bond motifs is 2. The van der Waals surface area contributed by atoms with E-state index < -0.39 is 0 Å². The van der Waals surface area contributed by atoms with Crippen LogP contribution >= 0.6 is 0 Å². The topological polar surface area (TPSA) is 20.3 Å². The number of carbonyl (C=O) groups excluding carboxylic acids is 1. The van der Waals surface area contributed by atoms with Gasteiger partial charge in [-0.25, -0.2) is 0 Å². The molecule has 2 aliphatic rings. The summed E-state index contributed by atoms with van der Waals surface area (Å²) in [6.45, 7) is 2.12. The average molecular weight is 255 g/mol. The molecule has 0 saturated carbocycles. The van der Waals surface area contributed by atoms with E-state index in [1.807, 2.05) is 0 Å². The molecule has 1 saturated heterocycles. The molecule has 1 amide bonds. The van der Waals surface area contributed by atoms with Crippen LogP contribution < -0.4 is 0 Å². The van der Waals surface area contributed by atoms with Gasteiger partial charge in [0.05, 0.1) is 6.04 Å². The van der Waals surface area contributed by atoms with Gasteiger partial charge in [0.25, 0.3) is 0 Å². The Kier molecular flexibility index (Phi) is 3.41. The van der Waals surface area contributed by atoms with Gasteiger partial charge in [0.2, 0.25) is 5.91 Å². The first-order valence-corrected chi connectivity index (χ1v) is 7.28. The molecule has 2 bridgehead atoms. The lowest BCUT2D eigenvalue weighted by molar-refractivity contribution is -0.133. The van der Waals surface area contributed by atoms with E-state index in [9.17, 15) is 4.79 Å². The zero-order valence-electron chi connectivity index (χ0n) is 11.5. The number of benzene rings is 1. The van der Waals surface area contributed by atoms with Gasteiger partial charge in [0, 0.05) is 12.5 Å². The van der Waals surface area contributed by atoms with E-state index in [1.165, 1.54) is 17.5 Å². The summed E-state index contributed by atoms with van der Waals surface area (Å²) in [5.74, 6) is 0.333. The summed E-state index contributed by atoms with van der Waals surface area (Å²) >= 11 is 0. The molecule has 2 heteroatoms. The van der Waals surface area contributed by atoms with Crippen LogP contribution in [0.1, 0.15) is 36.8 Å². The molecule has 0 aromatic heterocycles. The maximum atomic E-state index is 12.4. The Bertz CT molecular complexity index is 506. The minimum Gasteiger partial charge on any atom is -0.333 e. The van der Waals surface area contributed by atoms with Gasteiger partial charge in [-0.15, -0.1) is 0 Å². The molecule has 2 atom stereocenters. The first-order chi connectivity index (χ1) is 9.25. The van der Waals surface area contributed by atoms with Crippen molar-refractivity contribution in [2.45, 2.75) is 51.1 Å². The fraction of sp³-hybridized carbons (Fsp3) is 0.471. The molecule has 0 aliphatic carbocycles. The SMILES string of the molecule is Cc1ccccc1CCC(=O)N1[C@H]2CC=C[C@H]1CC2. The van der Waals surface area contributed by atoms with Gasteiger partial charge in [-0.1, -0.05) is 36.4 Å². The minimum absolute atomic E-state index is 0.333. The molecule has 0 N–H and O–H groups in total. The molecule has 2 heterocycles. The van der Waals surface area contributed by atoms with E-state index in [0.717, 1.165) is 19.3 Å². The second-order valence-corrected chi connectivity index (χ2v) is 5.69. The monoisotopic (exact) mass is 255 g/mol. The van der Waals surface area contributed by atoms with Gasteiger partial charge in [-0.05, 0) is 43.7 Å². The van der Waals surface area contributed by atoms with Crippen LogP contribution in [0.5, 0.6) is 0 Å². The molecule has 0 radical (unpaired) electrons. The van der Waals surface area contributed by atoms with Crippen LogP contribution in [0.2, 0.25) is 0 Å². The van der Waals surface area contributed by atoms with Crippen molar-refractivity contribution in [2.75, 3.05) is 0 Å². The van der Waals surface area contributed by atoms with Crippen molar-refractivity contribution in [3.05, 3.63) is 47.5 Å². The summed E-state index contributed by atoms with van der Waals surface area (Å²) in [5.41, 5.74) is 2.59. The third kappa shape index (κ3) is 2.44. The molecule has 2 nitrogen and oxygen atoms in total. The molecule has 1 aromatic carbocycles. The second kappa shape index (κ2) is 5.20. The first kappa shape index (κ1) is 12.5. The number of nitrogens with zero attached hydrogens (tertiary/aromatic N) is 1. The number of rotatable bonds is 3. The van der Waals surface area contributed by atoms with Gasteiger partial charge in [0.15, 0.2) is 0 Å². The maximum absolute atomic E-state index is 12.4. The number of hydrogen-bond donors (Lipinski definition) is 0. The summed E-state index contributed by atoms with van der Waals surface area (Å²) in [4.78, 5) is 14.6. The minimum atomic E-state index is 0.333. The molecule has 1 fully saturated rings. The predicted molar refractivity (Wildman–Crippen MR) is 76.9 cm³/mol. The largest absolute Gasteiger partial charge is 0.333 e. The molecule has 3 rings (SSSR count). The van der Waals surface area contributed by atoms with Crippen molar-refractivity contribution in [3.8, 4) is 0 Å². The van der Waals surface area contributed by atoms with E-state index in [0.29, 0.717) is 24.4 Å². The molecular formula is C17H21NO. The highest BCUT2D eigenvalue weighted by Gasteiger charge is 2.36. The quantitative estimate of drug-likeness (QED) is 0.759. The Hall–Kier alpha value is -1.57. The van der Waals surface area contributed by atoms with Gasteiger partial charge in [-0.2, -0.15) is 0 Å². The van der Waals surface area contributed by atoms with E-state index in [2.05, 4.69) is 48.2 Å². The van der Waals surface area contributed by atoms with Gasteiger partial charge in [0.1, 0.15) is 0 Å². The van der Waals surface area contributed by atoms with Crippen LogP contribution in [-0.2, 0) is 11.2 Å². The number of amides is 1. The number of aryl methyl sites for hydroxylation is 2. The Balaban J connectivity index is 1.63. The third-order valence-electron chi connectivity index (χ3n) is 4.47. The number of carbonyl (C=O) groups is 1. The normalized spacial score (nSPS) is 24.8. The van der Waals surface area contributed by atoms with Gasteiger partial charge >= 0.3 is 0 Å². The van der Waals surface area contributed by atoms with Crippen LogP contribution in [0.15, 0.2) is 36.4 Å². The summed E-state index contributed by atoms with van der Waals surface area (Å²) in [6, 6.07) is 9.21. The highest BCUT2D eigenvalue weighted by atomic mass is 16.2. The molecular weight excluding hydrogens is 234 g/mol. The lowest BCUT2D eigenvalue weighted by atomic mass is 10.0. The molecule has 2 aliphatic heterocycles. The molecule has 0 unspecified atom stereocenters. The van der Waals surface area contributed by atoms with Crippen LogP contribution in [0.3, 0.4) is 0 Å². The number of hydrogen-bond acceptors (Lipinski definition) is 1. The second-order valence-electron chi connectivity index (χ2n) is 5.69. The fourth-order valence-electron chi connectivity index (χ4n) is 3.38. The summed E-state index contributed by atoms with van der Waals surface area (Å²) in [5, 5.41) is 0. The van der Waals surface area contributed by atoms with Crippen LogP contribution in [0, 0.1) is 6.92 Å². The summed E-state index contributed by atoms with van der Waals surface area (Å²) in [7, 11) is 0. The van der Waals surface area contributed by atoms with Crippen LogP contribution in [0.25, 0.3) is 0 Å². The Labute approximate surface area is 115 Å². The van der Waals surface area contributed by atoms with E-state index in [-0.39, 0.29) is 0 Å². The molecule has 19 heavy (non-hydrogen) atoms. The standard InChI is InChI=1S/C17H21NO/c1-13-5-2-3-6-14(13)9-12-17(19)18-15-7-4-8-16(18)11-10-15/h2-7,15-16H,8-12H2,1H3/t15-,16-/m0/s1. The molecule has 0 spiro atoms. The third-order valence-corrected chi connectivity index (χ3v) is 4.47. The Morgan fingerprint density at radius 3 is 2.95 bits per heavy atom. The van der Waals surface area contributed by atoms with Crippen molar-refractivity contribution in [2.24, 2.45) is 0 Å². The highest BCUT2D eigenvalue weighted by Crippen LogP contribution is 2.32. The average Bonchev–Trinajstić information content (AvgIpc) is 2.67. The van der Waals surface area contributed by atoms with Crippen molar-refractivity contribution in [1.82, 2.24) is 4.90 Å². The maximum Gasteiger partial charge on any atom is 0.223 e. The molecule has 1 aromatic rings. The zero-order valence-corrected chi connectivity index (χ0v) is 11.5. The zero-order chi connectivity index (χ0) is 13.2. The lowest BCUT2D eigenvalue weighted by Gasteiger charge is -2.31. The van der Waals surface area contributed by atoms with Crippen molar-refractivity contribution >= 4 is 5.91 Å².